The molecule has 3 aromatic rings. The third-order valence-electron chi connectivity index (χ3n) is 6.04. The van der Waals surface area contributed by atoms with Crippen molar-refractivity contribution >= 4 is 49.1 Å². The van der Waals surface area contributed by atoms with E-state index in [1.54, 1.807) is 0 Å². The van der Waals surface area contributed by atoms with E-state index in [2.05, 4.69) is 4.99 Å². The molecule has 11 nitrogen and oxygen atoms in total. The molecule has 1 saturated heterocycles. The third-order valence-corrected chi connectivity index (χ3v) is 9.13. The summed E-state index contributed by atoms with van der Waals surface area (Å²) in [6.07, 6.45) is 2.60. The molecule has 190 valence electrons. The lowest BCUT2D eigenvalue weighted by atomic mass is 10.1. The van der Waals surface area contributed by atoms with E-state index in [0.29, 0.717) is 16.8 Å². The number of aromatic nitrogens is 1. The number of non-ortho nitro benzene ring substituents is 1. The number of sulfonamides is 1. The Hall–Kier alpha value is -3.42. The SMILES string of the molecule is COC(=O)Cn1c(=NC(=O)c2ccc(S(=O)(=O)N3CCCCC3C)cc2)sc2ccc([N+](=O)[O-])cc21. The molecule has 4 rings (SSSR count). The molecule has 1 aliphatic rings. The van der Waals surface area contributed by atoms with Crippen molar-refractivity contribution < 1.29 is 27.7 Å². The Kier molecular flexibility index (Phi) is 7.33. The first-order valence-electron chi connectivity index (χ1n) is 11.2. The van der Waals surface area contributed by atoms with Crippen LogP contribution in [0.25, 0.3) is 10.2 Å². The fourth-order valence-electron chi connectivity index (χ4n) is 4.09. The van der Waals surface area contributed by atoms with E-state index in [1.165, 1.54) is 58.4 Å². The average Bonchev–Trinajstić information content (AvgIpc) is 3.19. The van der Waals surface area contributed by atoms with Gasteiger partial charge in [-0.2, -0.15) is 9.30 Å². The first-order chi connectivity index (χ1) is 17.1. The maximum absolute atomic E-state index is 13.0. The van der Waals surface area contributed by atoms with Crippen LogP contribution in [0.3, 0.4) is 0 Å². The van der Waals surface area contributed by atoms with E-state index < -0.39 is 26.8 Å². The van der Waals surface area contributed by atoms with E-state index >= 15 is 0 Å². The summed E-state index contributed by atoms with van der Waals surface area (Å²) in [5, 5.41) is 11.2. The lowest BCUT2D eigenvalue weighted by Gasteiger charge is -2.32. The average molecular weight is 533 g/mol. The number of hydrogen-bond donors (Lipinski definition) is 0. The molecule has 0 aliphatic carbocycles. The highest BCUT2D eigenvalue weighted by atomic mass is 32.2. The van der Waals surface area contributed by atoms with Gasteiger partial charge in [-0.3, -0.25) is 19.7 Å². The number of hydrogen-bond acceptors (Lipinski definition) is 8. The lowest BCUT2D eigenvalue weighted by molar-refractivity contribution is -0.384. The number of nitrogens with zero attached hydrogens (tertiary/aromatic N) is 4. The Labute approximate surface area is 210 Å². The zero-order valence-corrected chi connectivity index (χ0v) is 21.3. The summed E-state index contributed by atoms with van der Waals surface area (Å²) in [5.74, 6) is -1.26. The molecule has 0 spiro atoms. The van der Waals surface area contributed by atoms with E-state index in [-0.39, 0.29) is 33.5 Å². The molecule has 1 aromatic heterocycles. The molecule has 13 heteroatoms. The number of nitro groups is 1. The molecule has 36 heavy (non-hydrogen) atoms. The molecular weight excluding hydrogens is 508 g/mol. The van der Waals surface area contributed by atoms with Gasteiger partial charge < -0.3 is 9.30 Å². The lowest BCUT2D eigenvalue weighted by Crippen LogP contribution is -2.41. The minimum Gasteiger partial charge on any atom is -0.468 e. The maximum atomic E-state index is 13.0. The number of piperidine rings is 1. The van der Waals surface area contributed by atoms with Crippen LogP contribution in [0.4, 0.5) is 5.69 Å². The van der Waals surface area contributed by atoms with Gasteiger partial charge in [0, 0.05) is 30.3 Å². The number of esters is 1. The Morgan fingerprint density at radius 3 is 2.56 bits per heavy atom. The van der Waals surface area contributed by atoms with Crippen LogP contribution in [0.1, 0.15) is 36.5 Å². The second kappa shape index (κ2) is 10.3. The number of nitro benzene ring substituents is 1. The van der Waals surface area contributed by atoms with Crippen LogP contribution in [0, 0.1) is 10.1 Å². The molecule has 2 heterocycles. The predicted octanol–water partition coefficient (Wildman–Crippen LogP) is 3.09. The molecule has 1 amide bonds. The van der Waals surface area contributed by atoms with Gasteiger partial charge in [-0.15, -0.1) is 0 Å². The van der Waals surface area contributed by atoms with Gasteiger partial charge in [0.2, 0.25) is 10.0 Å². The minimum atomic E-state index is -3.68. The van der Waals surface area contributed by atoms with Gasteiger partial charge in [0.15, 0.2) is 4.80 Å². The fraction of sp³-hybridized carbons (Fsp3) is 0.348. The molecule has 1 aliphatic heterocycles. The van der Waals surface area contributed by atoms with Crippen molar-refractivity contribution in [3.8, 4) is 0 Å². The molecule has 0 radical (unpaired) electrons. The van der Waals surface area contributed by atoms with Crippen molar-refractivity contribution in [1.82, 2.24) is 8.87 Å². The Balaban J connectivity index is 1.69. The third kappa shape index (κ3) is 5.08. The van der Waals surface area contributed by atoms with E-state index in [4.69, 9.17) is 4.74 Å². The van der Waals surface area contributed by atoms with Crippen LogP contribution in [0.2, 0.25) is 0 Å². The van der Waals surface area contributed by atoms with Crippen molar-refractivity contribution in [1.29, 1.82) is 0 Å². The first kappa shape index (κ1) is 25.7. The molecule has 1 atom stereocenters. The van der Waals surface area contributed by atoms with Gasteiger partial charge in [0.1, 0.15) is 6.54 Å². The first-order valence-corrected chi connectivity index (χ1v) is 13.4. The zero-order valence-electron chi connectivity index (χ0n) is 19.6. The monoisotopic (exact) mass is 532 g/mol. The van der Waals surface area contributed by atoms with Crippen molar-refractivity contribution in [3.63, 3.8) is 0 Å². The number of methoxy groups -OCH3 is 1. The summed E-state index contributed by atoms with van der Waals surface area (Å²) < 4.78 is 34.3. The van der Waals surface area contributed by atoms with Crippen LogP contribution >= 0.6 is 11.3 Å². The van der Waals surface area contributed by atoms with Crippen LogP contribution in [0.15, 0.2) is 52.4 Å². The fourth-order valence-corrected chi connectivity index (χ4v) is 6.80. The summed E-state index contributed by atoms with van der Waals surface area (Å²) in [7, 11) is -2.47. The molecule has 1 unspecified atom stereocenters. The smallest absolute Gasteiger partial charge is 0.325 e. The second-order valence-corrected chi connectivity index (χ2v) is 11.3. The topological polar surface area (TPSA) is 141 Å². The van der Waals surface area contributed by atoms with Gasteiger partial charge in [-0.05, 0) is 50.1 Å². The number of benzene rings is 2. The second-order valence-electron chi connectivity index (χ2n) is 8.36. The van der Waals surface area contributed by atoms with E-state index in [9.17, 15) is 28.1 Å². The highest BCUT2D eigenvalue weighted by Gasteiger charge is 2.31. The van der Waals surface area contributed by atoms with Gasteiger partial charge in [-0.1, -0.05) is 17.8 Å². The van der Waals surface area contributed by atoms with Crippen molar-refractivity contribution in [2.75, 3.05) is 13.7 Å². The van der Waals surface area contributed by atoms with Crippen molar-refractivity contribution in [2.24, 2.45) is 4.99 Å². The summed E-state index contributed by atoms with van der Waals surface area (Å²) in [6.45, 7) is 2.05. The van der Waals surface area contributed by atoms with Crippen LogP contribution in [-0.4, -0.2) is 53.8 Å². The quantitative estimate of drug-likeness (QED) is 0.270. The highest BCUT2D eigenvalue weighted by molar-refractivity contribution is 7.89. The van der Waals surface area contributed by atoms with Crippen molar-refractivity contribution in [3.05, 3.63) is 62.9 Å². The molecule has 0 saturated carbocycles. The van der Waals surface area contributed by atoms with Crippen molar-refractivity contribution in [2.45, 2.75) is 43.7 Å². The molecule has 2 aromatic carbocycles. The maximum Gasteiger partial charge on any atom is 0.325 e. The predicted molar refractivity (Wildman–Crippen MR) is 132 cm³/mol. The van der Waals surface area contributed by atoms with Gasteiger partial charge in [-0.25, -0.2) is 8.42 Å². The van der Waals surface area contributed by atoms with Crippen LogP contribution in [-0.2, 0) is 26.1 Å². The normalized spacial score (nSPS) is 17.3. The highest BCUT2D eigenvalue weighted by Crippen LogP contribution is 2.26. The molecule has 1 fully saturated rings. The zero-order chi connectivity index (χ0) is 26.0. The number of amides is 1. The standard InChI is InChI=1S/C23H24N4O7S2/c1-15-5-3-4-12-26(15)36(32,33)18-9-6-16(7-10-18)22(29)24-23-25(14-21(28)34-2)19-13-17(27(30)31)8-11-20(19)35-23/h6-11,13,15H,3-5,12,14H2,1-2H3. The number of carbonyl (C=O) groups excluding carboxylic acids is 2. The van der Waals surface area contributed by atoms with Crippen LogP contribution < -0.4 is 4.80 Å². The van der Waals surface area contributed by atoms with Gasteiger partial charge in [0.25, 0.3) is 11.6 Å². The van der Waals surface area contributed by atoms with Gasteiger partial charge >= 0.3 is 5.97 Å². The largest absolute Gasteiger partial charge is 0.468 e. The van der Waals surface area contributed by atoms with E-state index in [1.807, 2.05) is 6.92 Å². The molecule has 0 N–H and O–H groups in total. The number of thiazole rings is 1. The summed E-state index contributed by atoms with van der Waals surface area (Å²) in [4.78, 5) is 39.9. The Morgan fingerprint density at radius 2 is 1.92 bits per heavy atom. The summed E-state index contributed by atoms with van der Waals surface area (Å²) in [6, 6.07) is 9.64. The van der Waals surface area contributed by atoms with Gasteiger partial charge in [0.05, 0.1) is 27.1 Å². The Morgan fingerprint density at radius 1 is 1.19 bits per heavy atom. The molecule has 0 bridgehead atoms. The summed E-state index contributed by atoms with van der Waals surface area (Å²) in [5.41, 5.74) is 0.355. The summed E-state index contributed by atoms with van der Waals surface area (Å²) >= 11 is 1.09. The number of ether oxygens (including phenoxy) is 1. The molecular formula is C23H24N4O7S2. The number of carbonyl (C=O) groups is 2. The van der Waals surface area contributed by atoms with Crippen LogP contribution in [0.5, 0.6) is 0 Å². The number of fused-ring (bicyclic) bond motifs is 1. The number of rotatable bonds is 6. The Bertz CT molecular complexity index is 1510. The van der Waals surface area contributed by atoms with E-state index in [0.717, 1.165) is 30.6 Å². The minimum absolute atomic E-state index is 0.0888.